The molecule has 0 radical (unpaired) electrons. The summed E-state index contributed by atoms with van der Waals surface area (Å²) in [5.74, 6) is -0.982. The molecule has 0 unspecified atom stereocenters. The van der Waals surface area contributed by atoms with Crippen LogP contribution in [0, 0.1) is 0 Å². The molecule has 1 aliphatic carbocycles. The molecule has 0 heterocycles. The fourth-order valence-electron chi connectivity index (χ4n) is 2.87. The van der Waals surface area contributed by atoms with Crippen molar-refractivity contribution >= 4 is 11.9 Å². The van der Waals surface area contributed by atoms with Gasteiger partial charge in [-0.1, -0.05) is 26.2 Å². The van der Waals surface area contributed by atoms with Crippen LogP contribution in [0.4, 0.5) is 0 Å². The molecule has 0 aliphatic heterocycles. The van der Waals surface area contributed by atoms with Gasteiger partial charge in [-0.25, -0.2) is 0 Å². The van der Waals surface area contributed by atoms with Gasteiger partial charge in [-0.3, -0.25) is 9.59 Å². The zero-order valence-corrected chi connectivity index (χ0v) is 12.1. The largest absolute Gasteiger partial charge is 0.480 e. The molecule has 0 bridgehead atoms. The van der Waals surface area contributed by atoms with Crippen LogP contribution in [0.1, 0.15) is 51.9 Å². The highest BCUT2D eigenvalue weighted by atomic mass is 16.4. The summed E-state index contributed by atoms with van der Waals surface area (Å²) in [4.78, 5) is 24.6. The Labute approximate surface area is 115 Å². The first kappa shape index (κ1) is 16.0. The third kappa shape index (κ3) is 4.82. The highest BCUT2D eigenvalue weighted by molar-refractivity contribution is 5.82. The minimum atomic E-state index is -0.941. The van der Waals surface area contributed by atoms with Crippen LogP contribution in [0.25, 0.3) is 0 Å². The fraction of sp³-hybridized carbons (Fsp3) is 0.857. The zero-order valence-electron chi connectivity index (χ0n) is 12.1. The highest BCUT2D eigenvalue weighted by Crippen LogP contribution is 2.31. The summed E-state index contributed by atoms with van der Waals surface area (Å²) in [5.41, 5.74) is -0.125. The van der Waals surface area contributed by atoms with Crippen molar-refractivity contribution in [1.82, 2.24) is 10.2 Å². The molecule has 110 valence electrons. The number of carbonyl (C=O) groups is 2. The summed E-state index contributed by atoms with van der Waals surface area (Å²) in [7, 11) is 1.90. The van der Waals surface area contributed by atoms with Crippen molar-refractivity contribution in [2.75, 3.05) is 20.1 Å². The van der Waals surface area contributed by atoms with E-state index in [1.54, 1.807) is 0 Å². The molecule has 5 heteroatoms. The van der Waals surface area contributed by atoms with E-state index in [-0.39, 0.29) is 18.0 Å². The van der Waals surface area contributed by atoms with E-state index in [1.807, 2.05) is 14.0 Å². The Morgan fingerprint density at radius 3 is 2.37 bits per heavy atom. The maximum absolute atomic E-state index is 12.3. The second kappa shape index (κ2) is 7.48. The lowest BCUT2D eigenvalue weighted by Crippen LogP contribution is -2.49. The van der Waals surface area contributed by atoms with Crippen LogP contribution >= 0.6 is 0 Å². The van der Waals surface area contributed by atoms with Crippen molar-refractivity contribution in [1.29, 1.82) is 0 Å². The third-order valence-electron chi connectivity index (χ3n) is 4.00. The molecule has 1 aliphatic rings. The van der Waals surface area contributed by atoms with Crippen LogP contribution < -0.4 is 5.32 Å². The lowest BCUT2D eigenvalue weighted by atomic mass is 9.79. The van der Waals surface area contributed by atoms with Gasteiger partial charge >= 0.3 is 5.97 Å². The van der Waals surface area contributed by atoms with E-state index in [0.717, 1.165) is 32.1 Å². The second-order valence-electron chi connectivity index (χ2n) is 5.48. The highest BCUT2D eigenvalue weighted by Gasteiger charge is 2.34. The van der Waals surface area contributed by atoms with Crippen LogP contribution in [0.3, 0.4) is 0 Å². The molecule has 1 amide bonds. The predicted octanol–water partition coefficient (Wildman–Crippen LogP) is 1.62. The van der Waals surface area contributed by atoms with E-state index >= 15 is 0 Å². The number of amides is 1. The predicted molar refractivity (Wildman–Crippen MR) is 74.0 cm³/mol. The second-order valence-corrected chi connectivity index (χ2v) is 5.48. The third-order valence-corrected chi connectivity index (χ3v) is 4.00. The van der Waals surface area contributed by atoms with E-state index in [0.29, 0.717) is 13.0 Å². The van der Waals surface area contributed by atoms with Crippen LogP contribution in [0.2, 0.25) is 0 Å². The molecule has 0 aromatic heterocycles. The van der Waals surface area contributed by atoms with Gasteiger partial charge in [-0.15, -0.1) is 0 Å². The smallest absolute Gasteiger partial charge is 0.323 e. The van der Waals surface area contributed by atoms with Crippen LogP contribution in [0.15, 0.2) is 0 Å². The molecular weight excluding hydrogens is 244 g/mol. The molecule has 0 aromatic carbocycles. The van der Waals surface area contributed by atoms with Gasteiger partial charge in [0.2, 0.25) is 5.91 Å². The molecule has 0 atom stereocenters. The maximum atomic E-state index is 12.3. The van der Waals surface area contributed by atoms with E-state index in [4.69, 9.17) is 5.11 Å². The van der Waals surface area contributed by atoms with Gasteiger partial charge in [-0.05, 0) is 26.3 Å². The van der Waals surface area contributed by atoms with Gasteiger partial charge in [0.15, 0.2) is 0 Å². The molecule has 1 rings (SSSR count). The molecular formula is C14H26N2O3. The number of carboxylic acid groups (broad SMARTS) is 1. The van der Waals surface area contributed by atoms with Crippen molar-refractivity contribution in [2.24, 2.45) is 0 Å². The van der Waals surface area contributed by atoms with E-state index < -0.39 is 5.97 Å². The SMILES string of the molecule is CCCN(CC(=O)O)C(=O)CC1(NC)CCCCC1. The van der Waals surface area contributed by atoms with Crippen molar-refractivity contribution in [3.8, 4) is 0 Å². The van der Waals surface area contributed by atoms with Gasteiger partial charge in [0.05, 0.1) is 0 Å². The topological polar surface area (TPSA) is 69.6 Å². The van der Waals surface area contributed by atoms with E-state index in [1.165, 1.54) is 11.3 Å². The monoisotopic (exact) mass is 270 g/mol. The van der Waals surface area contributed by atoms with E-state index in [2.05, 4.69) is 5.32 Å². The first-order valence-corrected chi connectivity index (χ1v) is 7.21. The summed E-state index contributed by atoms with van der Waals surface area (Å²) >= 11 is 0. The number of nitrogens with zero attached hydrogens (tertiary/aromatic N) is 1. The number of hydrogen-bond donors (Lipinski definition) is 2. The Kier molecular flexibility index (Phi) is 6.28. The summed E-state index contributed by atoms with van der Waals surface area (Å²) in [6.07, 6.45) is 6.71. The maximum Gasteiger partial charge on any atom is 0.323 e. The zero-order chi connectivity index (χ0) is 14.3. The molecule has 0 aromatic rings. The quantitative estimate of drug-likeness (QED) is 0.737. The van der Waals surface area contributed by atoms with Crippen molar-refractivity contribution in [3.05, 3.63) is 0 Å². The Hall–Kier alpha value is -1.10. The van der Waals surface area contributed by atoms with Gasteiger partial charge < -0.3 is 15.3 Å². The van der Waals surface area contributed by atoms with Crippen LogP contribution in [-0.2, 0) is 9.59 Å². The minimum Gasteiger partial charge on any atom is -0.480 e. The molecule has 1 saturated carbocycles. The van der Waals surface area contributed by atoms with E-state index in [9.17, 15) is 9.59 Å². The fourth-order valence-corrected chi connectivity index (χ4v) is 2.87. The summed E-state index contributed by atoms with van der Waals surface area (Å²) in [6, 6.07) is 0. The number of nitrogens with one attached hydrogen (secondary N) is 1. The summed E-state index contributed by atoms with van der Waals surface area (Å²) in [6.45, 7) is 2.29. The first-order valence-electron chi connectivity index (χ1n) is 7.21. The Morgan fingerprint density at radius 1 is 1.26 bits per heavy atom. The first-order chi connectivity index (χ1) is 9.03. The van der Waals surface area contributed by atoms with Gasteiger partial charge in [0, 0.05) is 18.5 Å². The average Bonchev–Trinajstić information content (AvgIpc) is 2.39. The molecule has 19 heavy (non-hydrogen) atoms. The Balaban J connectivity index is 2.65. The Morgan fingerprint density at radius 2 is 1.89 bits per heavy atom. The number of rotatable bonds is 7. The van der Waals surface area contributed by atoms with Gasteiger partial charge in [0.25, 0.3) is 0 Å². The molecule has 1 fully saturated rings. The van der Waals surface area contributed by atoms with Crippen LogP contribution in [0.5, 0.6) is 0 Å². The minimum absolute atomic E-state index is 0.0412. The molecule has 0 spiro atoms. The lowest BCUT2D eigenvalue weighted by molar-refractivity contribution is -0.145. The molecule has 5 nitrogen and oxygen atoms in total. The average molecular weight is 270 g/mol. The molecule has 0 saturated heterocycles. The molecule has 2 N–H and O–H groups in total. The number of carbonyl (C=O) groups excluding carboxylic acids is 1. The standard InChI is InChI=1S/C14H26N2O3/c1-3-9-16(11-13(18)19)12(17)10-14(15-2)7-5-4-6-8-14/h15H,3-11H2,1-2H3,(H,18,19). The van der Waals surface area contributed by atoms with Crippen LogP contribution in [-0.4, -0.2) is 47.6 Å². The van der Waals surface area contributed by atoms with Gasteiger partial charge in [-0.2, -0.15) is 0 Å². The number of hydrogen-bond acceptors (Lipinski definition) is 3. The normalized spacial score (nSPS) is 18.0. The number of aliphatic carboxylic acids is 1. The summed E-state index contributed by atoms with van der Waals surface area (Å²) < 4.78 is 0. The van der Waals surface area contributed by atoms with Gasteiger partial charge in [0.1, 0.15) is 6.54 Å². The number of carboxylic acids is 1. The summed E-state index contributed by atoms with van der Waals surface area (Å²) in [5, 5.41) is 12.2. The van der Waals surface area contributed by atoms with Crippen molar-refractivity contribution < 1.29 is 14.7 Å². The Bertz CT molecular complexity index is 312. The lowest BCUT2D eigenvalue weighted by Gasteiger charge is -2.38. The van der Waals surface area contributed by atoms with Crippen molar-refractivity contribution in [2.45, 2.75) is 57.4 Å². The van der Waals surface area contributed by atoms with Crippen molar-refractivity contribution in [3.63, 3.8) is 0 Å².